The van der Waals surface area contributed by atoms with Gasteiger partial charge in [0, 0.05) is 0 Å². The van der Waals surface area contributed by atoms with E-state index in [0.717, 1.165) is 17.8 Å². The van der Waals surface area contributed by atoms with Gasteiger partial charge in [-0.15, -0.1) is 0 Å². The molecule has 0 aliphatic heterocycles. The second-order valence-corrected chi connectivity index (χ2v) is 6.02. The van der Waals surface area contributed by atoms with Gasteiger partial charge in [-0.1, -0.05) is 51.5 Å². The summed E-state index contributed by atoms with van der Waals surface area (Å²) >= 11 is 0. The average molecular weight is 214 g/mol. The normalized spacial score (nSPS) is 40.8. The molecular weight excluding hydrogens is 192 g/mol. The van der Waals surface area contributed by atoms with Crippen LogP contribution < -0.4 is 0 Å². The Balaban J connectivity index is 2.09. The lowest BCUT2D eigenvalue weighted by atomic mass is 9.69. The third-order valence-electron chi connectivity index (χ3n) is 5.25. The number of rotatable bonds is 1. The molecule has 0 radical (unpaired) electrons. The Hall–Kier alpha value is -0.780. The molecule has 1 aromatic carbocycles. The van der Waals surface area contributed by atoms with E-state index in [1.54, 1.807) is 11.1 Å². The number of fused-ring (bicyclic) bond motifs is 2. The van der Waals surface area contributed by atoms with E-state index in [1.807, 2.05) is 0 Å². The molecule has 1 spiro atoms. The Bertz CT molecular complexity index is 406. The Morgan fingerprint density at radius 3 is 2.62 bits per heavy atom. The molecule has 0 heterocycles. The highest BCUT2D eigenvalue weighted by Gasteiger charge is 2.57. The third-order valence-corrected chi connectivity index (χ3v) is 5.25. The van der Waals surface area contributed by atoms with Crippen LogP contribution in [-0.4, -0.2) is 0 Å². The van der Waals surface area contributed by atoms with Crippen molar-refractivity contribution in [3.8, 4) is 0 Å². The summed E-state index contributed by atoms with van der Waals surface area (Å²) in [7, 11) is 0. The van der Waals surface area contributed by atoms with E-state index >= 15 is 0 Å². The van der Waals surface area contributed by atoms with E-state index in [1.165, 1.54) is 19.3 Å². The van der Waals surface area contributed by atoms with Gasteiger partial charge in [0.2, 0.25) is 0 Å². The molecule has 0 heteroatoms. The van der Waals surface area contributed by atoms with Crippen molar-refractivity contribution in [3.05, 3.63) is 35.4 Å². The van der Waals surface area contributed by atoms with Crippen LogP contribution in [0, 0.1) is 11.8 Å². The summed E-state index contributed by atoms with van der Waals surface area (Å²) in [5.41, 5.74) is 3.90. The van der Waals surface area contributed by atoms with Crippen molar-refractivity contribution in [1.29, 1.82) is 0 Å². The molecule has 0 N–H and O–H groups in total. The average Bonchev–Trinajstić information content (AvgIpc) is 3.01. The van der Waals surface area contributed by atoms with Gasteiger partial charge in [-0.05, 0) is 47.1 Å². The van der Waals surface area contributed by atoms with Crippen LogP contribution in [0.3, 0.4) is 0 Å². The molecule has 0 saturated heterocycles. The van der Waals surface area contributed by atoms with Gasteiger partial charge in [-0.3, -0.25) is 0 Å². The molecule has 2 aliphatic rings. The van der Waals surface area contributed by atoms with Gasteiger partial charge in [0.25, 0.3) is 0 Å². The van der Waals surface area contributed by atoms with Crippen LogP contribution in [0.2, 0.25) is 0 Å². The second kappa shape index (κ2) is 3.35. The highest BCUT2D eigenvalue weighted by atomic mass is 14.6. The second-order valence-electron chi connectivity index (χ2n) is 6.02. The van der Waals surface area contributed by atoms with Crippen LogP contribution in [0.25, 0.3) is 0 Å². The van der Waals surface area contributed by atoms with Crippen molar-refractivity contribution in [2.24, 2.45) is 11.8 Å². The zero-order valence-electron chi connectivity index (χ0n) is 10.7. The lowest BCUT2D eigenvalue weighted by Gasteiger charge is -2.36. The van der Waals surface area contributed by atoms with Gasteiger partial charge >= 0.3 is 0 Å². The number of hydrogen-bond donors (Lipinski definition) is 0. The van der Waals surface area contributed by atoms with Crippen molar-refractivity contribution in [2.75, 3.05) is 0 Å². The summed E-state index contributed by atoms with van der Waals surface area (Å²) in [5, 5.41) is 0. The SMILES string of the molecule is CCC1CC12CC(C)C(C)c1ccccc12. The van der Waals surface area contributed by atoms with Crippen LogP contribution in [0.1, 0.15) is 57.1 Å². The first-order valence-electron chi connectivity index (χ1n) is 6.78. The zero-order chi connectivity index (χ0) is 11.3. The summed E-state index contributed by atoms with van der Waals surface area (Å²) in [6, 6.07) is 9.20. The quantitative estimate of drug-likeness (QED) is 0.646. The van der Waals surface area contributed by atoms with E-state index in [4.69, 9.17) is 0 Å². The van der Waals surface area contributed by atoms with Crippen LogP contribution in [0.4, 0.5) is 0 Å². The molecule has 16 heavy (non-hydrogen) atoms. The molecule has 0 amide bonds. The van der Waals surface area contributed by atoms with Crippen molar-refractivity contribution in [1.82, 2.24) is 0 Å². The van der Waals surface area contributed by atoms with Crippen molar-refractivity contribution in [2.45, 2.75) is 51.4 Å². The molecule has 1 aromatic rings. The maximum Gasteiger partial charge on any atom is -0.00100 e. The maximum atomic E-state index is 2.44. The fourth-order valence-electron chi connectivity index (χ4n) is 4.01. The fraction of sp³-hybridized carbons (Fsp3) is 0.625. The first kappa shape index (κ1) is 10.4. The third kappa shape index (κ3) is 1.22. The van der Waals surface area contributed by atoms with Gasteiger partial charge in [0.15, 0.2) is 0 Å². The monoisotopic (exact) mass is 214 g/mol. The predicted octanol–water partition coefficient (Wildman–Crippen LogP) is 4.50. The van der Waals surface area contributed by atoms with Crippen molar-refractivity contribution in [3.63, 3.8) is 0 Å². The Labute approximate surface area is 99.1 Å². The topological polar surface area (TPSA) is 0 Å². The molecule has 86 valence electrons. The minimum absolute atomic E-state index is 0.581. The molecular formula is C16H22. The highest BCUT2D eigenvalue weighted by Crippen LogP contribution is 2.64. The molecule has 2 aliphatic carbocycles. The number of benzene rings is 1. The summed E-state index contributed by atoms with van der Waals surface area (Å²) in [5.74, 6) is 2.56. The summed E-state index contributed by atoms with van der Waals surface area (Å²) in [6.45, 7) is 7.19. The molecule has 0 bridgehead atoms. The lowest BCUT2D eigenvalue weighted by molar-refractivity contribution is 0.346. The van der Waals surface area contributed by atoms with Gasteiger partial charge in [-0.25, -0.2) is 0 Å². The predicted molar refractivity (Wildman–Crippen MR) is 68.7 cm³/mol. The van der Waals surface area contributed by atoms with Crippen LogP contribution >= 0.6 is 0 Å². The molecule has 1 fully saturated rings. The summed E-state index contributed by atoms with van der Waals surface area (Å²) in [4.78, 5) is 0. The van der Waals surface area contributed by atoms with Gasteiger partial charge < -0.3 is 0 Å². The minimum Gasteiger partial charge on any atom is -0.0651 e. The fourth-order valence-corrected chi connectivity index (χ4v) is 4.01. The lowest BCUT2D eigenvalue weighted by Crippen LogP contribution is -2.26. The minimum atomic E-state index is 0.581. The molecule has 0 aromatic heterocycles. The Morgan fingerprint density at radius 2 is 1.94 bits per heavy atom. The van der Waals surface area contributed by atoms with Crippen LogP contribution in [0.5, 0.6) is 0 Å². The highest BCUT2D eigenvalue weighted by molar-refractivity contribution is 5.44. The van der Waals surface area contributed by atoms with E-state index in [2.05, 4.69) is 45.0 Å². The van der Waals surface area contributed by atoms with E-state index < -0.39 is 0 Å². The van der Waals surface area contributed by atoms with Gasteiger partial charge in [0.1, 0.15) is 0 Å². The molecule has 1 saturated carbocycles. The van der Waals surface area contributed by atoms with Crippen LogP contribution in [0.15, 0.2) is 24.3 Å². The van der Waals surface area contributed by atoms with Gasteiger partial charge in [-0.2, -0.15) is 0 Å². The molecule has 4 atom stereocenters. The smallest absolute Gasteiger partial charge is 0.00100 e. The number of hydrogen-bond acceptors (Lipinski definition) is 0. The molecule has 3 rings (SSSR count). The Morgan fingerprint density at radius 1 is 1.19 bits per heavy atom. The maximum absolute atomic E-state index is 2.44. The molecule has 4 unspecified atom stereocenters. The largest absolute Gasteiger partial charge is 0.0651 e. The van der Waals surface area contributed by atoms with E-state index in [9.17, 15) is 0 Å². The van der Waals surface area contributed by atoms with Gasteiger partial charge in [0.05, 0.1) is 0 Å². The van der Waals surface area contributed by atoms with Crippen LogP contribution in [-0.2, 0) is 5.41 Å². The summed E-state index contributed by atoms with van der Waals surface area (Å²) < 4.78 is 0. The van der Waals surface area contributed by atoms with Crippen molar-refractivity contribution >= 4 is 0 Å². The Kier molecular flexibility index (Phi) is 2.18. The first-order chi connectivity index (χ1) is 7.69. The first-order valence-corrected chi connectivity index (χ1v) is 6.78. The summed E-state index contributed by atoms with van der Waals surface area (Å²) in [6.07, 6.45) is 4.22. The van der Waals surface area contributed by atoms with Crippen molar-refractivity contribution < 1.29 is 0 Å². The van der Waals surface area contributed by atoms with E-state index in [0.29, 0.717) is 5.41 Å². The molecule has 0 nitrogen and oxygen atoms in total. The zero-order valence-corrected chi connectivity index (χ0v) is 10.7. The van der Waals surface area contributed by atoms with E-state index in [-0.39, 0.29) is 0 Å². The standard InChI is InChI=1S/C16H22/c1-4-13-10-16(13)9-11(2)12(3)14-7-5-6-8-15(14)16/h5-8,11-13H,4,9-10H2,1-3H3.